The Kier molecular flexibility index (Phi) is 5.67. The Morgan fingerprint density at radius 3 is 2.43 bits per heavy atom. The van der Waals surface area contributed by atoms with Crippen LogP contribution < -0.4 is 10.1 Å². The van der Waals surface area contributed by atoms with Gasteiger partial charge in [0, 0.05) is 10.7 Å². The molecule has 0 heterocycles. The molecule has 122 valence electrons. The van der Waals surface area contributed by atoms with E-state index in [2.05, 4.69) is 38.2 Å². The normalized spacial score (nSPS) is 11.1. The third kappa shape index (κ3) is 5.61. The van der Waals surface area contributed by atoms with Crippen LogP contribution in [0.2, 0.25) is 5.02 Å². The standard InChI is InChI=1S/C19H22ClNO2/c1-19(2,3)14-7-9-17(10-8-14)23-12-11-18(22)21-16-6-4-5-15(20)13-16/h4-10,13H,11-12H2,1-3H3,(H,21,22). The molecule has 0 aliphatic heterocycles. The average molecular weight is 332 g/mol. The maximum Gasteiger partial charge on any atom is 0.227 e. The Balaban J connectivity index is 1.79. The van der Waals surface area contributed by atoms with E-state index in [0.29, 0.717) is 17.3 Å². The summed E-state index contributed by atoms with van der Waals surface area (Å²) < 4.78 is 5.62. The lowest BCUT2D eigenvalue weighted by atomic mass is 9.87. The van der Waals surface area contributed by atoms with Crippen LogP contribution in [-0.2, 0) is 10.2 Å². The molecule has 0 aliphatic rings. The monoisotopic (exact) mass is 331 g/mol. The number of carbonyl (C=O) groups is 1. The summed E-state index contributed by atoms with van der Waals surface area (Å²) in [5.74, 6) is 0.673. The maximum atomic E-state index is 11.9. The summed E-state index contributed by atoms with van der Waals surface area (Å²) in [6.45, 7) is 6.84. The molecule has 0 fully saturated rings. The molecule has 4 heteroatoms. The van der Waals surface area contributed by atoms with Gasteiger partial charge in [-0.1, -0.05) is 50.6 Å². The zero-order chi connectivity index (χ0) is 16.9. The summed E-state index contributed by atoms with van der Waals surface area (Å²) >= 11 is 5.88. The van der Waals surface area contributed by atoms with Crippen LogP contribution in [0.15, 0.2) is 48.5 Å². The van der Waals surface area contributed by atoms with Gasteiger partial charge in [-0.15, -0.1) is 0 Å². The van der Waals surface area contributed by atoms with E-state index in [1.54, 1.807) is 24.3 Å². The quantitative estimate of drug-likeness (QED) is 0.833. The molecule has 0 unspecified atom stereocenters. The molecule has 0 atom stereocenters. The van der Waals surface area contributed by atoms with Gasteiger partial charge in [-0.05, 0) is 41.3 Å². The number of nitrogens with one attached hydrogen (secondary N) is 1. The van der Waals surface area contributed by atoms with Crippen LogP contribution in [0.5, 0.6) is 5.75 Å². The Morgan fingerprint density at radius 2 is 1.83 bits per heavy atom. The molecule has 1 amide bonds. The van der Waals surface area contributed by atoms with Crippen LogP contribution in [0, 0.1) is 0 Å². The van der Waals surface area contributed by atoms with E-state index < -0.39 is 0 Å². The predicted octanol–water partition coefficient (Wildman–Crippen LogP) is 5.05. The number of halogens is 1. The van der Waals surface area contributed by atoms with Crippen molar-refractivity contribution in [3.63, 3.8) is 0 Å². The van der Waals surface area contributed by atoms with Gasteiger partial charge < -0.3 is 10.1 Å². The fourth-order valence-electron chi connectivity index (χ4n) is 2.10. The van der Waals surface area contributed by atoms with Crippen molar-refractivity contribution in [1.29, 1.82) is 0 Å². The lowest BCUT2D eigenvalue weighted by Crippen LogP contribution is -2.15. The Morgan fingerprint density at radius 1 is 1.13 bits per heavy atom. The molecule has 0 spiro atoms. The van der Waals surface area contributed by atoms with E-state index in [1.165, 1.54) is 5.56 Å². The highest BCUT2D eigenvalue weighted by molar-refractivity contribution is 6.30. The largest absolute Gasteiger partial charge is 0.493 e. The van der Waals surface area contributed by atoms with Crippen molar-refractivity contribution in [3.8, 4) is 5.75 Å². The Bertz CT molecular complexity index is 660. The average Bonchev–Trinajstić information content (AvgIpc) is 2.47. The van der Waals surface area contributed by atoms with Crippen molar-refractivity contribution in [2.75, 3.05) is 11.9 Å². The second-order valence-electron chi connectivity index (χ2n) is 6.43. The van der Waals surface area contributed by atoms with Crippen LogP contribution >= 0.6 is 11.6 Å². The highest BCUT2D eigenvalue weighted by Gasteiger charge is 2.13. The van der Waals surface area contributed by atoms with Crippen molar-refractivity contribution >= 4 is 23.2 Å². The van der Waals surface area contributed by atoms with E-state index in [0.717, 1.165) is 5.75 Å². The van der Waals surface area contributed by atoms with E-state index in [9.17, 15) is 4.79 Å². The first kappa shape index (κ1) is 17.4. The molecule has 0 radical (unpaired) electrons. The van der Waals surface area contributed by atoms with Crippen molar-refractivity contribution in [2.24, 2.45) is 0 Å². The summed E-state index contributed by atoms with van der Waals surface area (Å²) in [5, 5.41) is 3.39. The summed E-state index contributed by atoms with van der Waals surface area (Å²) in [4.78, 5) is 11.9. The van der Waals surface area contributed by atoms with Crippen LogP contribution in [0.25, 0.3) is 0 Å². The Hall–Kier alpha value is -2.00. The van der Waals surface area contributed by atoms with Gasteiger partial charge in [-0.3, -0.25) is 4.79 Å². The number of carbonyl (C=O) groups excluding carboxylic acids is 1. The van der Waals surface area contributed by atoms with Gasteiger partial charge >= 0.3 is 0 Å². The summed E-state index contributed by atoms with van der Waals surface area (Å²) in [5.41, 5.74) is 2.07. The summed E-state index contributed by atoms with van der Waals surface area (Å²) in [6, 6.07) is 15.1. The van der Waals surface area contributed by atoms with E-state index in [-0.39, 0.29) is 17.7 Å². The third-order valence-electron chi connectivity index (χ3n) is 3.43. The molecule has 23 heavy (non-hydrogen) atoms. The molecule has 1 N–H and O–H groups in total. The van der Waals surface area contributed by atoms with Crippen molar-refractivity contribution < 1.29 is 9.53 Å². The topological polar surface area (TPSA) is 38.3 Å². The van der Waals surface area contributed by atoms with Crippen molar-refractivity contribution in [2.45, 2.75) is 32.6 Å². The number of anilines is 1. The van der Waals surface area contributed by atoms with Gasteiger partial charge in [0.05, 0.1) is 13.0 Å². The Labute approximate surface area is 142 Å². The minimum absolute atomic E-state index is 0.0985. The SMILES string of the molecule is CC(C)(C)c1ccc(OCCC(=O)Nc2cccc(Cl)c2)cc1. The van der Waals surface area contributed by atoms with Gasteiger partial charge in [-0.25, -0.2) is 0 Å². The van der Waals surface area contributed by atoms with E-state index in [4.69, 9.17) is 16.3 Å². The summed E-state index contributed by atoms with van der Waals surface area (Å²) in [6.07, 6.45) is 0.285. The zero-order valence-electron chi connectivity index (χ0n) is 13.7. The molecular weight excluding hydrogens is 310 g/mol. The minimum atomic E-state index is -0.0985. The fourth-order valence-corrected chi connectivity index (χ4v) is 2.29. The van der Waals surface area contributed by atoms with Crippen molar-refractivity contribution in [1.82, 2.24) is 0 Å². The molecule has 0 aliphatic carbocycles. The smallest absolute Gasteiger partial charge is 0.227 e. The number of amides is 1. The molecule has 0 bridgehead atoms. The lowest BCUT2D eigenvalue weighted by molar-refractivity contribution is -0.116. The number of hydrogen-bond acceptors (Lipinski definition) is 2. The zero-order valence-corrected chi connectivity index (χ0v) is 14.5. The van der Waals surface area contributed by atoms with Crippen LogP contribution in [0.3, 0.4) is 0 Å². The molecule has 0 saturated carbocycles. The number of benzene rings is 2. The molecule has 0 aromatic heterocycles. The predicted molar refractivity (Wildman–Crippen MR) is 95.3 cm³/mol. The second kappa shape index (κ2) is 7.51. The first-order valence-electron chi connectivity index (χ1n) is 7.63. The minimum Gasteiger partial charge on any atom is -0.493 e. The number of hydrogen-bond donors (Lipinski definition) is 1. The van der Waals surface area contributed by atoms with Gasteiger partial charge in [0.2, 0.25) is 5.91 Å². The van der Waals surface area contributed by atoms with Gasteiger partial charge in [-0.2, -0.15) is 0 Å². The highest BCUT2D eigenvalue weighted by atomic mass is 35.5. The first-order chi connectivity index (χ1) is 10.8. The molecule has 2 aromatic rings. The van der Waals surface area contributed by atoms with Gasteiger partial charge in [0.25, 0.3) is 0 Å². The first-order valence-corrected chi connectivity index (χ1v) is 8.01. The second-order valence-corrected chi connectivity index (χ2v) is 6.87. The van der Waals surface area contributed by atoms with E-state index >= 15 is 0 Å². The number of rotatable bonds is 5. The molecule has 0 saturated heterocycles. The maximum absolute atomic E-state index is 11.9. The van der Waals surface area contributed by atoms with Crippen molar-refractivity contribution in [3.05, 3.63) is 59.1 Å². The molecule has 2 aromatic carbocycles. The molecule has 3 nitrogen and oxygen atoms in total. The lowest BCUT2D eigenvalue weighted by Gasteiger charge is -2.19. The van der Waals surface area contributed by atoms with E-state index in [1.807, 2.05) is 12.1 Å². The highest BCUT2D eigenvalue weighted by Crippen LogP contribution is 2.24. The summed E-state index contributed by atoms with van der Waals surface area (Å²) in [7, 11) is 0. The van der Waals surface area contributed by atoms with Crippen LogP contribution in [0.1, 0.15) is 32.8 Å². The molecular formula is C19H22ClNO2. The van der Waals surface area contributed by atoms with Crippen LogP contribution in [-0.4, -0.2) is 12.5 Å². The fraction of sp³-hybridized carbons (Fsp3) is 0.316. The van der Waals surface area contributed by atoms with Gasteiger partial charge in [0.1, 0.15) is 5.75 Å². The van der Waals surface area contributed by atoms with Crippen LogP contribution in [0.4, 0.5) is 5.69 Å². The number of ether oxygens (including phenoxy) is 1. The van der Waals surface area contributed by atoms with Gasteiger partial charge in [0.15, 0.2) is 0 Å². The molecule has 2 rings (SSSR count). The third-order valence-corrected chi connectivity index (χ3v) is 3.66.